The molecule has 1 fully saturated rings. The molecule has 0 aliphatic heterocycles. The molecule has 0 radical (unpaired) electrons. The quantitative estimate of drug-likeness (QED) is 0.897. The van der Waals surface area contributed by atoms with Crippen LogP contribution in [-0.4, -0.2) is 21.5 Å². The molecule has 2 unspecified atom stereocenters. The first-order valence-electron chi connectivity index (χ1n) is 7.53. The van der Waals surface area contributed by atoms with Gasteiger partial charge in [-0.3, -0.25) is 0 Å². The SMILES string of the molecule is CNS(=O)(=O)c1ccccc1NC1CC(C)CC(C)(C)C1. The number of nitrogens with one attached hydrogen (secondary N) is 2. The van der Waals surface area contributed by atoms with E-state index in [2.05, 4.69) is 30.8 Å². The highest BCUT2D eigenvalue weighted by Crippen LogP contribution is 2.40. The van der Waals surface area contributed by atoms with Gasteiger partial charge in [0.1, 0.15) is 4.90 Å². The molecule has 5 heteroatoms. The number of hydrogen-bond donors (Lipinski definition) is 2. The minimum absolute atomic E-state index is 0.298. The smallest absolute Gasteiger partial charge is 0.242 e. The summed E-state index contributed by atoms with van der Waals surface area (Å²) in [6, 6.07) is 7.43. The zero-order valence-corrected chi connectivity index (χ0v) is 14.1. The molecule has 0 amide bonds. The van der Waals surface area contributed by atoms with Gasteiger partial charge in [-0.05, 0) is 49.8 Å². The minimum Gasteiger partial charge on any atom is -0.381 e. The number of rotatable bonds is 4. The van der Waals surface area contributed by atoms with E-state index in [0.29, 0.717) is 28.0 Å². The number of benzene rings is 1. The van der Waals surface area contributed by atoms with E-state index >= 15 is 0 Å². The summed E-state index contributed by atoms with van der Waals surface area (Å²) in [7, 11) is -1.99. The third kappa shape index (κ3) is 3.98. The fraction of sp³-hybridized carbons (Fsp3) is 0.625. The molecule has 0 bridgehead atoms. The van der Waals surface area contributed by atoms with Gasteiger partial charge in [0.15, 0.2) is 0 Å². The predicted molar refractivity (Wildman–Crippen MR) is 86.9 cm³/mol. The van der Waals surface area contributed by atoms with Crippen molar-refractivity contribution in [1.29, 1.82) is 0 Å². The maximum absolute atomic E-state index is 12.1. The third-order valence-electron chi connectivity index (χ3n) is 4.19. The summed E-state index contributed by atoms with van der Waals surface area (Å²) < 4.78 is 26.6. The van der Waals surface area contributed by atoms with E-state index in [4.69, 9.17) is 0 Å². The number of sulfonamides is 1. The van der Waals surface area contributed by atoms with Gasteiger partial charge in [-0.1, -0.05) is 32.9 Å². The standard InChI is InChI=1S/C16H26N2O2S/c1-12-9-13(11-16(2,3)10-12)18-14-7-5-6-8-15(14)21(19,20)17-4/h5-8,12-13,17-18H,9-11H2,1-4H3. The highest BCUT2D eigenvalue weighted by molar-refractivity contribution is 7.89. The zero-order valence-electron chi connectivity index (χ0n) is 13.3. The molecule has 1 aliphatic carbocycles. The van der Waals surface area contributed by atoms with Gasteiger partial charge in [-0.15, -0.1) is 0 Å². The van der Waals surface area contributed by atoms with Crippen molar-refractivity contribution in [2.45, 2.75) is 51.0 Å². The van der Waals surface area contributed by atoms with E-state index in [9.17, 15) is 8.42 Å². The molecule has 2 rings (SSSR count). The lowest BCUT2D eigenvalue weighted by atomic mass is 9.70. The van der Waals surface area contributed by atoms with Gasteiger partial charge in [-0.25, -0.2) is 13.1 Å². The lowest BCUT2D eigenvalue weighted by Crippen LogP contribution is -2.36. The summed E-state index contributed by atoms with van der Waals surface area (Å²) in [6.45, 7) is 6.84. The average molecular weight is 310 g/mol. The van der Waals surface area contributed by atoms with E-state index in [1.807, 2.05) is 12.1 Å². The van der Waals surface area contributed by atoms with Crippen molar-refractivity contribution in [3.8, 4) is 0 Å². The van der Waals surface area contributed by atoms with E-state index in [-0.39, 0.29) is 0 Å². The van der Waals surface area contributed by atoms with Crippen LogP contribution in [0.1, 0.15) is 40.0 Å². The predicted octanol–water partition coefficient (Wildman–Crippen LogP) is 3.22. The van der Waals surface area contributed by atoms with E-state index in [1.165, 1.54) is 13.5 Å². The first kappa shape index (κ1) is 16.3. The first-order valence-corrected chi connectivity index (χ1v) is 9.01. The Bertz CT molecular complexity index is 596. The maximum Gasteiger partial charge on any atom is 0.242 e. The van der Waals surface area contributed by atoms with Crippen molar-refractivity contribution >= 4 is 15.7 Å². The second-order valence-corrected chi connectivity index (χ2v) is 8.81. The Morgan fingerprint density at radius 1 is 1.19 bits per heavy atom. The van der Waals surface area contributed by atoms with Gasteiger partial charge < -0.3 is 5.32 Å². The normalized spacial score (nSPS) is 25.5. The van der Waals surface area contributed by atoms with Crippen LogP contribution in [0.25, 0.3) is 0 Å². The fourth-order valence-corrected chi connectivity index (χ4v) is 4.50. The number of anilines is 1. The van der Waals surface area contributed by atoms with Crippen LogP contribution in [-0.2, 0) is 10.0 Å². The van der Waals surface area contributed by atoms with E-state index in [0.717, 1.165) is 12.8 Å². The lowest BCUT2D eigenvalue weighted by Gasteiger charge is -2.39. The molecule has 0 heterocycles. The second-order valence-electron chi connectivity index (χ2n) is 6.96. The first-order chi connectivity index (χ1) is 9.73. The highest BCUT2D eigenvalue weighted by atomic mass is 32.2. The Kier molecular flexibility index (Phi) is 4.63. The molecule has 2 atom stereocenters. The largest absolute Gasteiger partial charge is 0.381 e. The van der Waals surface area contributed by atoms with Gasteiger partial charge in [0.25, 0.3) is 0 Å². The summed E-state index contributed by atoms with van der Waals surface area (Å²) in [6.07, 6.45) is 3.37. The van der Waals surface area contributed by atoms with Crippen molar-refractivity contribution in [2.24, 2.45) is 11.3 Å². The summed E-state index contributed by atoms with van der Waals surface area (Å²) in [5.41, 5.74) is 0.994. The molecule has 0 saturated heterocycles. The molecule has 1 aliphatic rings. The lowest BCUT2D eigenvalue weighted by molar-refractivity contribution is 0.178. The van der Waals surface area contributed by atoms with E-state index in [1.54, 1.807) is 12.1 Å². The van der Waals surface area contributed by atoms with Crippen LogP contribution in [0, 0.1) is 11.3 Å². The molecular formula is C16H26N2O2S. The molecule has 0 aromatic heterocycles. The zero-order chi connectivity index (χ0) is 15.7. The van der Waals surface area contributed by atoms with Crippen molar-refractivity contribution in [1.82, 2.24) is 4.72 Å². The van der Waals surface area contributed by atoms with Crippen LogP contribution in [0.3, 0.4) is 0 Å². The summed E-state index contributed by atoms with van der Waals surface area (Å²) in [5.74, 6) is 0.652. The third-order valence-corrected chi connectivity index (χ3v) is 5.66. The van der Waals surface area contributed by atoms with Gasteiger partial charge in [-0.2, -0.15) is 0 Å². The Labute approximate surface area is 128 Å². The molecule has 0 spiro atoms. The highest BCUT2D eigenvalue weighted by Gasteiger charge is 2.32. The van der Waals surface area contributed by atoms with Crippen molar-refractivity contribution in [3.63, 3.8) is 0 Å². The summed E-state index contributed by atoms with van der Waals surface area (Å²) >= 11 is 0. The Morgan fingerprint density at radius 3 is 2.48 bits per heavy atom. The van der Waals surface area contributed by atoms with Crippen molar-refractivity contribution < 1.29 is 8.42 Å². The molecule has 1 aromatic rings. The molecule has 21 heavy (non-hydrogen) atoms. The average Bonchev–Trinajstić information content (AvgIpc) is 2.36. The summed E-state index contributed by atoms with van der Waals surface area (Å²) in [5, 5.41) is 3.46. The molecule has 118 valence electrons. The van der Waals surface area contributed by atoms with Gasteiger partial charge in [0.2, 0.25) is 10.0 Å². The van der Waals surface area contributed by atoms with Gasteiger partial charge in [0.05, 0.1) is 5.69 Å². The van der Waals surface area contributed by atoms with Gasteiger partial charge in [0, 0.05) is 6.04 Å². The molecule has 2 N–H and O–H groups in total. The Balaban J connectivity index is 2.24. The van der Waals surface area contributed by atoms with Crippen molar-refractivity contribution in [2.75, 3.05) is 12.4 Å². The van der Waals surface area contributed by atoms with Crippen LogP contribution in [0.2, 0.25) is 0 Å². The second kappa shape index (κ2) is 5.97. The minimum atomic E-state index is -3.43. The molecule has 1 saturated carbocycles. The van der Waals surface area contributed by atoms with Crippen LogP contribution >= 0.6 is 0 Å². The van der Waals surface area contributed by atoms with E-state index < -0.39 is 10.0 Å². The van der Waals surface area contributed by atoms with Crippen LogP contribution in [0.15, 0.2) is 29.2 Å². The van der Waals surface area contributed by atoms with Gasteiger partial charge >= 0.3 is 0 Å². The molecule has 1 aromatic carbocycles. The van der Waals surface area contributed by atoms with Crippen molar-refractivity contribution in [3.05, 3.63) is 24.3 Å². The monoisotopic (exact) mass is 310 g/mol. The fourth-order valence-electron chi connectivity index (χ4n) is 3.61. The maximum atomic E-state index is 12.1. The van der Waals surface area contributed by atoms with Crippen LogP contribution in [0.4, 0.5) is 5.69 Å². The van der Waals surface area contributed by atoms with Crippen LogP contribution < -0.4 is 10.0 Å². The molecular weight excluding hydrogens is 284 g/mol. The number of para-hydroxylation sites is 1. The van der Waals surface area contributed by atoms with Crippen LogP contribution in [0.5, 0.6) is 0 Å². The summed E-state index contributed by atoms with van der Waals surface area (Å²) in [4.78, 5) is 0.323. The topological polar surface area (TPSA) is 58.2 Å². The molecule has 4 nitrogen and oxygen atoms in total. The Hall–Kier alpha value is -1.07. The Morgan fingerprint density at radius 2 is 1.86 bits per heavy atom. The number of hydrogen-bond acceptors (Lipinski definition) is 3.